The number of benzene rings is 2. The minimum Gasteiger partial charge on any atom is -0.340 e. The van der Waals surface area contributed by atoms with Crippen molar-refractivity contribution in [3.05, 3.63) is 87.7 Å². The van der Waals surface area contributed by atoms with Crippen LogP contribution in [0.25, 0.3) is 5.78 Å². The molecule has 0 fully saturated rings. The average molecular weight is 363 g/mol. The highest BCUT2D eigenvalue weighted by Crippen LogP contribution is 2.19. The van der Waals surface area contributed by atoms with Crippen LogP contribution in [0.5, 0.6) is 0 Å². The maximum Gasteiger partial charge on any atom is 0.352 e. The molecule has 0 aliphatic rings. The summed E-state index contributed by atoms with van der Waals surface area (Å²) >= 11 is 0. The molecule has 0 saturated heterocycles. The number of hydrogen-bond acceptors (Lipinski definition) is 4. The minimum atomic E-state index is -0.344. The van der Waals surface area contributed by atoms with Crippen LogP contribution in [0, 0.1) is 19.7 Å². The van der Waals surface area contributed by atoms with E-state index < -0.39 is 0 Å². The van der Waals surface area contributed by atoms with E-state index in [-0.39, 0.29) is 18.1 Å². The van der Waals surface area contributed by atoms with Crippen LogP contribution >= 0.6 is 0 Å². The quantitative estimate of drug-likeness (QED) is 0.603. The number of fused-ring (bicyclic) bond motifs is 1. The third kappa shape index (κ3) is 3.31. The Morgan fingerprint density at radius 3 is 2.67 bits per heavy atom. The van der Waals surface area contributed by atoms with Gasteiger partial charge in [0.1, 0.15) is 11.6 Å². The van der Waals surface area contributed by atoms with Gasteiger partial charge in [-0.05, 0) is 43.2 Å². The van der Waals surface area contributed by atoms with Crippen molar-refractivity contribution in [2.75, 3.05) is 5.32 Å². The van der Waals surface area contributed by atoms with Gasteiger partial charge in [-0.25, -0.2) is 18.3 Å². The summed E-state index contributed by atoms with van der Waals surface area (Å²) in [7, 11) is 0. The number of nitrogens with zero attached hydrogens (tertiary/aromatic N) is 4. The van der Waals surface area contributed by atoms with Crippen LogP contribution in [0.1, 0.15) is 16.8 Å². The fourth-order valence-electron chi connectivity index (χ4n) is 3.01. The van der Waals surface area contributed by atoms with Gasteiger partial charge in [-0.15, -0.1) is 5.10 Å². The predicted octanol–water partition coefficient (Wildman–Crippen LogP) is 3.44. The van der Waals surface area contributed by atoms with E-state index in [1.165, 1.54) is 21.2 Å². The second kappa shape index (κ2) is 6.68. The Labute approximate surface area is 154 Å². The summed E-state index contributed by atoms with van der Waals surface area (Å²) in [6.07, 6.45) is 0. The molecule has 0 aliphatic heterocycles. The van der Waals surface area contributed by atoms with E-state index in [9.17, 15) is 9.18 Å². The van der Waals surface area contributed by atoms with Crippen LogP contribution in [-0.4, -0.2) is 19.2 Å². The number of aryl methyl sites for hydroxylation is 2. The Balaban J connectivity index is 1.72. The molecule has 0 aliphatic carbocycles. The van der Waals surface area contributed by atoms with Gasteiger partial charge in [0.25, 0.3) is 5.78 Å². The van der Waals surface area contributed by atoms with Crippen molar-refractivity contribution in [2.45, 2.75) is 20.4 Å². The van der Waals surface area contributed by atoms with Gasteiger partial charge in [-0.2, -0.15) is 4.98 Å². The Morgan fingerprint density at radius 2 is 1.89 bits per heavy atom. The van der Waals surface area contributed by atoms with Crippen molar-refractivity contribution < 1.29 is 4.39 Å². The summed E-state index contributed by atoms with van der Waals surface area (Å²) in [5.74, 6) is 0.563. The summed E-state index contributed by atoms with van der Waals surface area (Å²) in [5, 5.41) is 7.58. The van der Waals surface area contributed by atoms with Crippen LogP contribution < -0.4 is 11.0 Å². The van der Waals surface area contributed by atoms with Crippen LogP contribution in [0.3, 0.4) is 0 Å². The van der Waals surface area contributed by atoms with E-state index in [4.69, 9.17) is 0 Å². The second-order valence-electron chi connectivity index (χ2n) is 6.43. The largest absolute Gasteiger partial charge is 0.352 e. The standard InChI is InChI=1S/C20H18FN5O/c1-13-6-3-4-9-17(13)22-18-10-14(2)26-19(23-18)24-25(20(26)27)12-15-7-5-8-16(21)11-15/h3-11H,12H2,1-2H3,(H,22,23,24). The second-order valence-corrected chi connectivity index (χ2v) is 6.43. The molecular formula is C20H18FN5O. The Morgan fingerprint density at radius 1 is 1.07 bits per heavy atom. The lowest BCUT2D eigenvalue weighted by atomic mass is 10.2. The van der Waals surface area contributed by atoms with Crippen molar-refractivity contribution >= 4 is 17.3 Å². The zero-order valence-corrected chi connectivity index (χ0v) is 15.0. The number of rotatable bonds is 4. The molecule has 2 aromatic heterocycles. The molecule has 27 heavy (non-hydrogen) atoms. The number of nitrogens with one attached hydrogen (secondary N) is 1. The lowest BCUT2D eigenvalue weighted by Crippen LogP contribution is -2.23. The van der Waals surface area contributed by atoms with Gasteiger partial charge < -0.3 is 5.32 Å². The molecule has 7 heteroatoms. The number of para-hydroxylation sites is 1. The molecule has 1 N–H and O–H groups in total. The SMILES string of the molecule is Cc1ccccc1Nc1cc(C)n2c(=O)n(Cc3cccc(F)c3)nc2n1. The highest BCUT2D eigenvalue weighted by atomic mass is 19.1. The van der Waals surface area contributed by atoms with Crippen LogP contribution in [0.2, 0.25) is 0 Å². The first-order chi connectivity index (χ1) is 13.0. The van der Waals surface area contributed by atoms with Crippen LogP contribution in [0.15, 0.2) is 59.4 Å². The molecule has 6 nitrogen and oxygen atoms in total. The monoisotopic (exact) mass is 363 g/mol. The molecule has 2 heterocycles. The van der Waals surface area contributed by atoms with Crippen molar-refractivity contribution in [3.63, 3.8) is 0 Å². The van der Waals surface area contributed by atoms with E-state index in [2.05, 4.69) is 15.4 Å². The molecule has 0 bridgehead atoms. The van der Waals surface area contributed by atoms with Crippen molar-refractivity contribution in [1.82, 2.24) is 19.2 Å². The van der Waals surface area contributed by atoms with Gasteiger partial charge in [-0.1, -0.05) is 30.3 Å². The number of anilines is 2. The molecule has 2 aromatic carbocycles. The van der Waals surface area contributed by atoms with Crippen LogP contribution in [0.4, 0.5) is 15.9 Å². The van der Waals surface area contributed by atoms with Gasteiger partial charge in [0, 0.05) is 17.4 Å². The molecule has 0 atom stereocenters. The van der Waals surface area contributed by atoms with Crippen LogP contribution in [-0.2, 0) is 6.54 Å². The summed E-state index contributed by atoms with van der Waals surface area (Å²) in [6, 6.07) is 15.8. The Hall–Kier alpha value is -3.48. The van der Waals surface area contributed by atoms with Crippen molar-refractivity contribution in [1.29, 1.82) is 0 Å². The number of halogens is 1. The maximum atomic E-state index is 13.4. The van der Waals surface area contributed by atoms with E-state index >= 15 is 0 Å². The zero-order chi connectivity index (χ0) is 19.0. The van der Waals surface area contributed by atoms with E-state index in [1.807, 2.05) is 38.1 Å². The van der Waals surface area contributed by atoms with Crippen molar-refractivity contribution in [3.8, 4) is 0 Å². The topological polar surface area (TPSA) is 64.2 Å². The Kier molecular flexibility index (Phi) is 4.19. The van der Waals surface area contributed by atoms with Crippen molar-refractivity contribution in [2.24, 2.45) is 0 Å². The van der Waals surface area contributed by atoms with E-state index in [0.29, 0.717) is 22.9 Å². The lowest BCUT2D eigenvalue weighted by Gasteiger charge is -2.09. The average Bonchev–Trinajstić information content (AvgIpc) is 2.93. The molecule has 0 spiro atoms. The normalized spacial score (nSPS) is 11.1. The Bertz CT molecular complexity index is 1190. The summed E-state index contributed by atoms with van der Waals surface area (Å²) < 4.78 is 16.1. The lowest BCUT2D eigenvalue weighted by molar-refractivity contribution is 0.615. The molecule has 0 amide bonds. The minimum absolute atomic E-state index is 0.181. The molecule has 136 valence electrons. The zero-order valence-electron chi connectivity index (χ0n) is 15.0. The van der Waals surface area contributed by atoms with Gasteiger partial charge >= 0.3 is 5.69 Å². The molecule has 0 saturated carbocycles. The third-order valence-corrected chi connectivity index (χ3v) is 4.37. The van der Waals surface area contributed by atoms with Gasteiger partial charge in [-0.3, -0.25) is 0 Å². The fraction of sp³-hybridized carbons (Fsp3) is 0.150. The number of hydrogen-bond donors (Lipinski definition) is 1. The van der Waals surface area contributed by atoms with E-state index in [1.54, 1.807) is 18.2 Å². The number of aromatic nitrogens is 4. The first-order valence-electron chi connectivity index (χ1n) is 8.55. The first-order valence-corrected chi connectivity index (χ1v) is 8.55. The van der Waals surface area contributed by atoms with Gasteiger partial charge in [0.15, 0.2) is 0 Å². The summed E-state index contributed by atoms with van der Waals surface area (Å²) in [5.41, 5.74) is 3.10. The smallest absolute Gasteiger partial charge is 0.340 e. The highest BCUT2D eigenvalue weighted by Gasteiger charge is 2.13. The summed E-state index contributed by atoms with van der Waals surface area (Å²) in [6.45, 7) is 4.01. The van der Waals surface area contributed by atoms with Gasteiger partial charge in [0.05, 0.1) is 6.54 Å². The third-order valence-electron chi connectivity index (χ3n) is 4.37. The van der Waals surface area contributed by atoms with Gasteiger partial charge in [0.2, 0.25) is 0 Å². The maximum absolute atomic E-state index is 13.4. The van der Waals surface area contributed by atoms with E-state index in [0.717, 1.165) is 11.3 Å². The fourth-order valence-corrected chi connectivity index (χ4v) is 3.01. The first kappa shape index (κ1) is 17.0. The predicted molar refractivity (Wildman–Crippen MR) is 102 cm³/mol. The molecule has 0 radical (unpaired) electrons. The molecule has 0 unspecified atom stereocenters. The highest BCUT2D eigenvalue weighted by molar-refractivity contribution is 5.61. The molecule has 4 rings (SSSR count). The summed E-state index contributed by atoms with van der Waals surface area (Å²) in [4.78, 5) is 17.1. The molecule has 4 aromatic rings. The molecular weight excluding hydrogens is 345 g/mol.